The fourth-order valence-electron chi connectivity index (χ4n) is 6.15. The van der Waals surface area contributed by atoms with Gasteiger partial charge in [0, 0.05) is 13.2 Å². The van der Waals surface area contributed by atoms with E-state index in [0.717, 1.165) is 26.2 Å². The van der Waals surface area contributed by atoms with Gasteiger partial charge in [-0.1, -0.05) is 213 Å². The predicted molar refractivity (Wildman–Crippen MR) is 190 cm³/mol. The first-order valence-corrected chi connectivity index (χ1v) is 20.0. The molecule has 0 fully saturated rings. The number of unbranched alkanes of at least 4 members (excludes halogenated alkanes) is 30. The van der Waals surface area contributed by atoms with Gasteiger partial charge >= 0.3 is 0 Å². The summed E-state index contributed by atoms with van der Waals surface area (Å²) in [6.07, 6.45) is 46.8. The number of ether oxygens (including phenoxy) is 2. The topological polar surface area (TPSA) is 18.5 Å². The summed E-state index contributed by atoms with van der Waals surface area (Å²) in [5.74, 6) is 0. The quantitative estimate of drug-likeness (QED) is 0.0662. The summed E-state index contributed by atoms with van der Waals surface area (Å²) in [7, 11) is 0. The lowest BCUT2D eigenvalue weighted by Crippen LogP contribution is -2.20. The molecular formula is C40H82O2. The summed E-state index contributed by atoms with van der Waals surface area (Å²) in [6, 6.07) is 0. The van der Waals surface area contributed by atoms with E-state index < -0.39 is 0 Å². The van der Waals surface area contributed by atoms with E-state index in [-0.39, 0.29) is 0 Å². The van der Waals surface area contributed by atoms with Gasteiger partial charge in [0.2, 0.25) is 0 Å². The molecule has 0 saturated carbocycles. The lowest BCUT2D eigenvalue weighted by atomic mass is 10.0. The molecule has 0 spiro atoms. The van der Waals surface area contributed by atoms with E-state index in [1.807, 2.05) is 0 Å². The maximum Gasteiger partial charge on any atom is 0.0805 e. The van der Waals surface area contributed by atoms with E-state index in [2.05, 4.69) is 20.8 Å². The van der Waals surface area contributed by atoms with Crippen LogP contribution >= 0.6 is 0 Å². The molecule has 0 aliphatic carbocycles. The average Bonchev–Trinajstić information content (AvgIpc) is 3.00. The van der Waals surface area contributed by atoms with Crippen LogP contribution in [-0.2, 0) is 9.47 Å². The summed E-state index contributed by atoms with van der Waals surface area (Å²) in [5, 5.41) is 0. The maximum atomic E-state index is 6.12. The Morgan fingerprint density at radius 2 is 0.571 bits per heavy atom. The Morgan fingerprint density at radius 1 is 0.310 bits per heavy atom. The van der Waals surface area contributed by atoms with Crippen molar-refractivity contribution in [2.75, 3.05) is 19.8 Å². The molecule has 0 amide bonds. The van der Waals surface area contributed by atoms with Crippen LogP contribution in [0, 0.1) is 0 Å². The zero-order valence-corrected chi connectivity index (χ0v) is 29.8. The van der Waals surface area contributed by atoms with Gasteiger partial charge in [-0.25, -0.2) is 0 Å². The third-order valence-electron chi connectivity index (χ3n) is 9.25. The highest BCUT2D eigenvalue weighted by Crippen LogP contribution is 2.15. The molecule has 0 heterocycles. The number of rotatable bonds is 38. The Balaban J connectivity index is 3.24. The van der Waals surface area contributed by atoms with Crippen molar-refractivity contribution in [1.82, 2.24) is 0 Å². The Kier molecular flexibility index (Phi) is 38.9. The summed E-state index contributed by atoms with van der Waals surface area (Å²) in [5.41, 5.74) is 0. The van der Waals surface area contributed by atoms with E-state index in [4.69, 9.17) is 9.47 Å². The summed E-state index contributed by atoms with van der Waals surface area (Å²) in [6.45, 7) is 9.45. The molecule has 0 saturated heterocycles. The highest BCUT2D eigenvalue weighted by molar-refractivity contribution is 4.56. The number of hydrogen-bond acceptors (Lipinski definition) is 2. The lowest BCUT2D eigenvalue weighted by Gasteiger charge is -2.16. The van der Waals surface area contributed by atoms with Crippen LogP contribution in [0.5, 0.6) is 0 Å². The van der Waals surface area contributed by atoms with Gasteiger partial charge in [0.25, 0.3) is 0 Å². The van der Waals surface area contributed by atoms with Crippen molar-refractivity contribution in [3.63, 3.8) is 0 Å². The van der Waals surface area contributed by atoms with Gasteiger partial charge in [0.1, 0.15) is 0 Å². The van der Waals surface area contributed by atoms with Crippen LogP contribution in [0.3, 0.4) is 0 Å². The molecule has 2 nitrogen and oxygen atoms in total. The molecule has 0 aromatic heterocycles. The van der Waals surface area contributed by atoms with Crippen molar-refractivity contribution in [2.45, 2.75) is 239 Å². The van der Waals surface area contributed by atoms with Crippen LogP contribution < -0.4 is 0 Å². The van der Waals surface area contributed by atoms with Crippen molar-refractivity contribution in [3.05, 3.63) is 0 Å². The monoisotopic (exact) mass is 595 g/mol. The van der Waals surface area contributed by atoms with Crippen LogP contribution in [0.25, 0.3) is 0 Å². The second-order valence-electron chi connectivity index (χ2n) is 13.6. The normalized spacial score (nSPS) is 12.4. The van der Waals surface area contributed by atoms with Gasteiger partial charge in [-0.2, -0.15) is 0 Å². The van der Waals surface area contributed by atoms with E-state index in [9.17, 15) is 0 Å². The summed E-state index contributed by atoms with van der Waals surface area (Å²) in [4.78, 5) is 0. The van der Waals surface area contributed by atoms with Crippen LogP contribution in [-0.4, -0.2) is 25.9 Å². The van der Waals surface area contributed by atoms with Crippen LogP contribution in [0.4, 0.5) is 0 Å². The standard InChI is InChI=1S/C40H82O2/c1-4-7-9-11-13-15-17-19-21-23-25-27-29-31-33-35-37-41-39-40(6-3)42-38-36-34-32-30-28-26-24-22-20-18-16-14-12-10-8-5-2/h40H,4-39H2,1-3H3/t40-/m1/s1. The van der Waals surface area contributed by atoms with E-state index in [1.54, 1.807) is 0 Å². The van der Waals surface area contributed by atoms with Crippen LogP contribution in [0.15, 0.2) is 0 Å². The zero-order chi connectivity index (χ0) is 30.4. The second-order valence-corrected chi connectivity index (χ2v) is 13.6. The third-order valence-corrected chi connectivity index (χ3v) is 9.25. The molecule has 0 aliphatic rings. The molecule has 0 aromatic rings. The van der Waals surface area contributed by atoms with Crippen molar-refractivity contribution >= 4 is 0 Å². The Hall–Kier alpha value is -0.0800. The molecule has 0 rings (SSSR count). The van der Waals surface area contributed by atoms with Gasteiger partial charge < -0.3 is 9.47 Å². The largest absolute Gasteiger partial charge is 0.379 e. The highest BCUT2D eigenvalue weighted by atomic mass is 16.5. The minimum atomic E-state index is 0.294. The number of hydrogen-bond donors (Lipinski definition) is 0. The molecule has 0 radical (unpaired) electrons. The minimum absolute atomic E-state index is 0.294. The van der Waals surface area contributed by atoms with Crippen molar-refractivity contribution < 1.29 is 9.47 Å². The van der Waals surface area contributed by atoms with Gasteiger partial charge in [-0.15, -0.1) is 0 Å². The first kappa shape index (κ1) is 41.9. The fraction of sp³-hybridized carbons (Fsp3) is 1.00. The Labute approximate surface area is 267 Å². The molecular weight excluding hydrogens is 512 g/mol. The molecule has 1 atom stereocenters. The Morgan fingerprint density at radius 3 is 0.857 bits per heavy atom. The van der Waals surface area contributed by atoms with Gasteiger partial charge in [0.05, 0.1) is 12.7 Å². The molecule has 0 aliphatic heterocycles. The smallest absolute Gasteiger partial charge is 0.0805 e. The van der Waals surface area contributed by atoms with Gasteiger partial charge in [-0.05, 0) is 19.3 Å². The summed E-state index contributed by atoms with van der Waals surface area (Å²) < 4.78 is 12.1. The van der Waals surface area contributed by atoms with Crippen LogP contribution in [0.2, 0.25) is 0 Å². The highest BCUT2D eigenvalue weighted by Gasteiger charge is 2.06. The van der Waals surface area contributed by atoms with Crippen molar-refractivity contribution in [2.24, 2.45) is 0 Å². The first-order valence-electron chi connectivity index (χ1n) is 20.0. The third kappa shape index (κ3) is 36.1. The fourth-order valence-corrected chi connectivity index (χ4v) is 6.15. The molecule has 0 bridgehead atoms. The molecule has 0 N–H and O–H groups in total. The summed E-state index contributed by atoms with van der Waals surface area (Å²) >= 11 is 0. The van der Waals surface area contributed by atoms with E-state index in [1.165, 1.54) is 205 Å². The van der Waals surface area contributed by atoms with E-state index >= 15 is 0 Å². The second kappa shape index (κ2) is 38.9. The predicted octanol–water partition coefficient (Wildman–Crippen LogP) is 14.3. The van der Waals surface area contributed by atoms with Crippen LogP contribution in [0.1, 0.15) is 233 Å². The lowest BCUT2D eigenvalue weighted by molar-refractivity contribution is -0.0200. The van der Waals surface area contributed by atoms with Crippen molar-refractivity contribution in [3.8, 4) is 0 Å². The van der Waals surface area contributed by atoms with Gasteiger partial charge in [-0.3, -0.25) is 0 Å². The molecule has 0 unspecified atom stereocenters. The van der Waals surface area contributed by atoms with Gasteiger partial charge in [0.15, 0.2) is 0 Å². The zero-order valence-electron chi connectivity index (χ0n) is 29.8. The average molecular weight is 595 g/mol. The maximum absolute atomic E-state index is 6.12. The first-order chi connectivity index (χ1) is 20.8. The molecule has 254 valence electrons. The van der Waals surface area contributed by atoms with E-state index in [0.29, 0.717) is 6.10 Å². The SMILES string of the molecule is CCCCCCCCCCCCCCCCCCOC[C@@H](CC)OCCCCCCCCCCCCCCCCCC. The minimum Gasteiger partial charge on any atom is -0.379 e. The molecule has 0 aromatic carbocycles. The Bertz CT molecular complexity index is 451. The molecule has 42 heavy (non-hydrogen) atoms. The molecule has 2 heteroatoms. The van der Waals surface area contributed by atoms with Crippen molar-refractivity contribution in [1.29, 1.82) is 0 Å².